The summed E-state index contributed by atoms with van der Waals surface area (Å²) in [5, 5.41) is 0. The summed E-state index contributed by atoms with van der Waals surface area (Å²) in [6.45, 7) is 9.41. The lowest BCUT2D eigenvalue weighted by molar-refractivity contribution is -0.115. The van der Waals surface area contributed by atoms with E-state index in [2.05, 4.69) is 0 Å². The summed E-state index contributed by atoms with van der Waals surface area (Å²) in [7, 11) is -0.461. The molecular formula is C14H19BClNO3. The van der Waals surface area contributed by atoms with Crippen LogP contribution in [-0.2, 0) is 14.1 Å². The first-order valence-corrected chi connectivity index (χ1v) is 6.90. The molecule has 0 atom stereocenters. The number of hydrogen-bond donors (Lipinski definition) is 0. The highest BCUT2D eigenvalue weighted by molar-refractivity contribution is 6.62. The van der Waals surface area contributed by atoms with Gasteiger partial charge in [-0.15, -0.1) is 0 Å². The van der Waals surface area contributed by atoms with Crippen LogP contribution in [0.1, 0.15) is 34.6 Å². The largest absolute Gasteiger partial charge is 0.494 e. The molecule has 1 heterocycles. The number of nitrogens with zero attached hydrogens (tertiary/aromatic N) is 1. The number of benzene rings is 1. The molecule has 0 unspecified atom stereocenters. The molecule has 0 radical (unpaired) electrons. The molecule has 1 aromatic rings. The van der Waals surface area contributed by atoms with Crippen molar-refractivity contribution in [2.24, 2.45) is 0 Å². The zero-order valence-corrected chi connectivity index (χ0v) is 13.2. The first-order chi connectivity index (χ1) is 9.14. The van der Waals surface area contributed by atoms with Crippen molar-refractivity contribution in [3.63, 3.8) is 0 Å². The Morgan fingerprint density at radius 3 is 2.25 bits per heavy atom. The molecule has 0 aliphatic carbocycles. The molecule has 0 saturated carbocycles. The number of halogens is 1. The molecule has 108 valence electrons. The molecule has 0 bridgehead atoms. The molecule has 1 aromatic carbocycles. The van der Waals surface area contributed by atoms with Crippen molar-refractivity contribution in [1.82, 2.24) is 0 Å². The smallest absolute Gasteiger partial charge is 0.399 e. The van der Waals surface area contributed by atoms with E-state index in [1.54, 1.807) is 12.1 Å². The van der Waals surface area contributed by atoms with Crippen molar-refractivity contribution in [1.29, 1.82) is 0 Å². The summed E-state index contributed by atoms with van der Waals surface area (Å²) in [6, 6.07) is 7.30. The predicted octanol–water partition coefficient (Wildman–Crippen LogP) is 2.49. The van der Waals surface area contributed by atoms with Crippen LogP contribution in [0.3, 0.4) is 0 Å². The molecule has 1 aliphatic heterocycles. The molecule has 6 heteroatoms. The molecule has 1 aliphatic rings. The normalized spacial score (nSPS) is 20.0. The SMILES string of the molecule is CC(=O)N(Cl)c1cccc(B2OC(C)(C)C(C)(C)O2)c1. The lowest BCUT2D eigenvalue weighted by Gasteiger charge is -2.32. The molecule has 20 heavy (non-hydrogen) atoms. The number of carbonyl (C=O) groups excluding carboxylic acids is 1. The topological polar surface area (TPSA) is 38.8 Å². The van der Waals surface area contributed by atoms with Crippen LogP contribution in [-0.4, -0.2) is 24.2 Å². The van der Waals surface area contributed by atoms with E-state index in [9.17, 15) is 4.79 Å². The highest BCUT2D eigenvalue weighted by Gasteiger charge is 2.51. The van der Waals surface area contributed by atoms with Gasteiger partial charge in [0.15, 0.2) is 0 Å². The van der Waals surface area contributed by atoms with Crippen LogP contribution in [0.4, 0.5) is 5.69 Å². The fourth-order valence-corrected chi connectivity index (χ4v) is 2.06. The molecule has 0 aromatic heterocycles. The fraction of sp³-hybridized carbons (Fsp3) is 0.500. The van der Waals surface area contributed by atoms with Gasteiger partial charge < -0.3 is 9.31 Å². The molecule has 2 rings (SSSR count). The van der Waals surface area contributed by atoms with Crippen LogP contribution >= 0.6 is 11.8 Å². The Labute approximate surface area is 125 Å². The Hall–Kier alpha value is -1.04. The van der Waals surface area contributed by atoms with Gasteiger partial charge >= 0.3 is 7.12 Å². The first-order valence-electron chi connectivity index (χ1n) is 6.56. The van der Waals surface area contributed by atoms with Crippen LogP contribution in [0.15, 0.2) is 24.3 Å². The average molecular weight is 296 g/mol. The van der Waals surface area contributed by atoms with Gasteiger partial charge in [0.2, 0.25) is 5.91 Å². The fourth-order valence-electron chi connectivity index (χ4n) is 1.95. The third-order valence-electron chi connectivity index (χ3n) is 3.90. The van der Waals surface area contributed by atoms with E-state index in [0.29, 0.717) is 5.69 Å². The zero-order chi connectivity index (χ0) is 15.1. The standard InChI is InChI=1S/C14H19BClNO3/c1-10(18)17(16)12-8-6-7-11(9-12)15-19-13(2,3)14(4,5)20-15/h6-9H,1-5H3. The van der Waals surface area contributed by atoms with E-state index in [0.717, 1.165) is 9.88 Å². The number of hydrogen-bond acceptors (Lipinski definition) is 3. The maximum atomic E-state index is 11.3. The lowest BCUT2D eigenvalue weighted by Crippen LogP contribution is -2.41. The number of amides is 1. The van der Waals surface area contributed by atoms with Gasteiger partial charge in [0.25, 0.3) is 0 Å². The van der Waals surface area contributed by atoms with Crippen LogP contribution < -0.4 is 9.88 Å². The highest BCUT2D eigenvalue weighted by Crippen LogP contribution is 2.36. The minimum atomic E-state index is -0.461. The molecule has 4 nitrogen and oxygen atoms in total. The molecule has 0 N–H and O–H groups in total. The van der Waals surface area contributed by atoms with Crippen molar-refractivity contribution in [2.45, 2.75) is 45.8 Å². The van der Waals surface area contributed by atoms with Crippen LogP contribution in [0, 0.1) is 0 Å². The first kappa shape index (κ1) is 15.4. The van der Waals surface area contributed by atoms with Gasteiger partial charge in [0.05, 0.1) is 16.9 Å². The van der Waals surface area contributed by atoms with Crippen molar-refractivity contribution >= 4 is 36.0 Å². The van der Waals surface area contributed by atoms with E-state index >= 15 is 0 Å². The quantitative estimate of drug-likeness (QED) is 0.621. The molecular weight excluding hydrogens is 276 g/mol. The lowest BCUT2D eigenvalue weighted by atomic mass is 9.79. The van der Waals surface area contributed by atoms with Crippen molar-refractivity contribution in [2.75, 3.05) is 4.42 Å². The Balaban J connectivity index is 2.28. The average Bonchev–Trinajstić information content (AvgIpc) is 2.57. The van der Waals surface area contributed by atoms with Gasteiger partial charge in [-0.2, -0.15) is 0 Å². The second-order valence-electron chi connectivity index (χ2n) is 5.98. The summed E-state index contributed by atoms with van der Waals surface area (Å²) in [5.74, 6) is -0.238. The van der Waals surface area contributed by atoms with Crippen LogP contribution in [0.2, 0.25) is 0 Å². The minimum Gasteiger partial charge on any atom is -0.399 e. The maximum Gasteiger partial charge on any atom is 0.494 e. The van der Waals surface area contributed by atoms with E-state index < -0.39 is 18.3 Å². The van der Waals surface area contributed by atoms with Gasteiger partial charge in [0, 0.05) is 18.7 Å². The number of anilines is 1. The second kappa shape index (κ2) is 5.06. The van der Waals surface area contributed by atoms with Crippen LogP contribution in [0.5, 0.6) is 0 Å². The van der Waals surface area contributed by atoms with Gasteiger partial charge in [-0.3, -0.25) is 4.79 Å². The van der Waals surface area contributed by atoms with Crippen LogP contribution in [0.25, 0.3) is 0 Å². The monoisotopic (exact) mass is 295 g/mol. The molecule has 0 spiro atoms. The maximum absolute atomic E-state index is 11.3. The van der Waals surface area contributed by atoms with Gasteiger partial charge in [-0.25, -0.2) is 4.42 Å². The van der Waals surface area contributed by atoms with E-state index in [1.807, 2.05) is 39.8 Å². The number of carbonyl (C=O) groups is 1. The minimum absolute atomic E-state index is 0.238. The van der Waals surface area contributed by atoms with Crippen molar-refractivity contribution in [3.05, 3.63) is 24.3 Å². The summed E-state index contributed by atoms with van der Waals surface area (Å²) < 4.78 is 13.0. The van der Waals surface area contributed by atoms with Crippen molar-refractivity contribution < 1.29 is 14.1 Å². The Morgan fingerprint density at radius 1 is 1.20 bits per heavy atom. The molecule has 1 saturated heterocycles. The predicted molar refractivity (Wildman–Crippen MR) is 81.2 cm³/mol. The molecule has 1 amide bonds. The summed E-state index contributed by atoms with van der Waals surface area (Å²) in [5.41, 5.74) is 0.656. The van der Waals surface area contributed by atoms with E-state index in [1.165, 1.54) is 6.92 Å². The Kier molecular flexibility index (Phi) is 3.89. The Bertz CT molecular complexity index is 517. The van der Waals surface area contributed by atoms with Gasteiger partial charge in [-0.1, -0.05) is 12.1 Å². The summed E-state index contributed by atoms with van der Waals surface area (Å²) in [4.78, 5) is 11.3. The van der Waals surface area contributed by atoms with Crippen molar-refractivity contribution in [3.8, 4) is 0 Å². The zero-order valence-electron chi connectivity index (χ0n) is 12.4. The second-order valence-corrected chi connectivity index (χ2v) is 6.32. The third kappa shape index (κ3) is 2.71. The Morgan fingerprint density at radius 2 is 1.75 bits per heavy atom. The van der Waals surface area contributed by atoms with Gasteiger partial charge in [0.1, 0.15) is 0 Å². The van der Waals surface area contributed by atoms with E-state index in [4.69, 9.17) is 21.1 Å². The number of rotatable bonds is 2. The van der Waals surface area contributed by atoms with E-state index in [-0.39, 0.29) is 5.91 Å². The van der Waals surface area contributed by atoms with Gasteiger partial charge in [-0.05, 0) is 45.3 Å². The third-order valence-corrected chi connectivity index (χ3v) is 4.33. The molecule has 1 fully saturated rings. The highest BCUT2D eigenvalue weighted by atomic mass is 35.5. The summed E-state index contributed by atoms with van der Waals surface area (Å²) in [6.07, 6.45) is 0. The summed E-state index contributed by atoms with van der Waals surface area (Å²) >= 11 is 5.93.